The second kappa shape index (κ2) is 8.11. The Morgan fingerprint density at radius 1 is 1.09 bits per heavy atom. The minimum Gasteiger partial charge on any atom is -0.384 e. The predicted molar refractivity (Wildman–Crippen MR) is 126 cm³/mol. The van der Waals surface area contributed by atoms with Gasteiger partial charge in [-0.05, 0) is 98.9 Å². The van der Waals surface area contributed by atoms with Crippen molar-refractivity contribution in [2.24, 2.45) is 40.9 Å². The van der Waals surface area contributed by atoms with Crippen LogP contribution in [0.4, 0.5) is 8.78 Å². The molecule has 1 N–H and O–H groups in total. The molecule has 0 unspecified atom stereocenters. The fraction of sp³-hybridized carbons (Fsp3) is 0.714. The summed E-state index contributed by atoms with van der Waals surface area (Å²) in [7, 11) is 0. The van der Waals surface area contributed by atoms with Crippen LogP contribution in [-0.2, 0) is 11.3 Å². The second-order valence-electron chi connectivity index (χ2n) is 12.1. The molecule has 4 aliphatic rings. The third-order valence-corrected chi connectivity index (χ3v) is 10.6. The van der Waals surface area contributed by atoms with Gasteiger partial charge in [0, 0.05) is 17.5 Å². The summed E-state index contributed by atoms with van der Waals surface area (Å²) in [4.78, 5) is 13.5. The van der Waals surface area contributed by atoms with Gasteiger partial charge in [-0.1, -0.05) is 25.1 Å². The summed E-state index contributed by atoms with van der Waals surface area (Å²) in [6, 6.07) is 7.97. The van der Waals surface area contributed by atoms with Gasteiger partial charge in [-0.15, -0.1) is 0 Å². The van der Waals surface area contributed by atoms with E-state index in [1.807, 2.05) is 35.1 Å². The highest BCUT2D eigenvalue weighted by Gasteiger charge is 2.59. The van der Waals surface area contributed by atoms with Crippen molar-refractivity contribution < 1.29 is 18.7 Å². The molecule has 0 bridgehead atoms. The number of rotatable bonds is 4. The Morgan fingerprint density at radius 3 is 2.68 bits per heavy atom. The zero-order valence-electron chi connectivity index (χ0n) is 20.0. The molecule has 0 amide bonds. The van der Waals surface area contributed by atoms with E-state index in [1.54, 1.807) is 0 Å². The maximum absolute atomic E-state index is 13.5. The van der Waals surface area contributed by atoms with Crippen LogP contribution in [0.1, 0.15) is 64.7 Å². The fourth-order valence-electron chi connectivity index (χ4n) is 9.00. The molecule has 4 aliphatic carbocycles. The lowest BCUT2D eigenvalue weighted by Gasteiger charge is -2.57. The van der Waals surface area contributed by atoms with Crippen LogP contribution in [0.5, 0.6) is 0 Å². The normalized spacial score (nSPS) is 41.8. The number of hydrogen-bond donors (Lipinski definition) is 1. The average molecular weight is 471 g/mol. The van der Waals surface area contributed by atoms with Crippen molar-refractivity contribution in [2.75, 3.05) is 0 Å². The zero-order valence-corrected chi connectivity index (χ0v) is 20.0. The summed E-state index contributed by atoms with van der Waals surface area (Å²) >= 11 is 0. The Morgan fingerprint density at radius 2 is 1.88 bits per heavy atom. The van der Waals surface area contributed by atoms with Crippen LogP contribution in [0.15, 0.2) is 30.5 Å². The van der Waals surface area contributed by atoms with Crippen molar-refractivity contribution in [1.82, 2.24) is 9.78 Å². The van der Waals surface area contributed by atoms with Crippen LogP contribution in [-0.4, -0.2) is 32.7 Å². The average Bonchev–Trinajstić information content (AvgIpc) is 3.38. The second-order valence-corrected chi connectivity index (χ2v) is 12.1. The van der Waals surface area contributed by atoms with Crippen molar-refractivity contribution in [2.45, 2.75) is 83.3 Å². The van der Waals surface area contributed by atoms with Crippen molar-refractivity contribution >= 4 is 16.7 Å². The lowest BCUT2D eigenvalue weighted by atomic mass is 9.49. The minimum atomic E-state index is -2.64. The summed E-state index contributed by atoms with van der Waals surface area (Å²) in [5.41, 5.74) is -0.815. The van der Waals surface area contributed by atoms with Crippen molar-refractivity contribution in [3.63, 3.8) is 0 Å². The quantitative estimate of drug-likeness (QED) is 0.608. The molecular formula is C28H36F2N2O2. The number of halogens is 2. The first kappa shape index (κ1) is 22.6. The van der Waals surface area contributed by atoms with Crippen LogP contribution in [0.3, 0.4) is 0 Å². The summed E-state index contributed by atoms with van der Waals surface area (Å²) in [6.45, 7) is 2.69. The fourth-order valence-corrected chi connectivity index (χ4v) is 9.00. The van der Waals surface area contributed by atoms with Crippen LogP contribution >= 0.6 is 0 Å². The number of ketones is 1. The summed E-state index contributed by atoms with van der Waals surface area (Å²) in [5, 5.41) is 16.1. The lowest BCUT2D eigenvalue weighted by molar-refractivity contribution is -0.160. The molecule has 6 heteroatoms. The Labute approximate surface area is 200 Å². The molecule has 8 atom stereocenters. The number of aromatic nitrogens is 2. The van der Waals surface area contributed by atoms with Crippen LogP contribution in [0.25, 0.3) is 10.9 Å². The van der Waals surface area contributed by atoms with E-state index in [1.165, 1.54) is 0 Å². The third kappa shape index (κ3) is 3.46. The van der Waals surface area contributed by atoms with Gasteiger partial charge in [0.15, 0.2) is 5.78 Å². The highest BCUT2D eigenvalue weighted by Crippen LogP contribution is 2.65. The van der Waals surface area contributed by atoms with E-state index in [2.05, 4.69) is 12.0 Å². The molecule has 0 spiro atoms. The molecule has 2 aromatic rings. The predicted octanol–water partition coefficient (Wildman–Crippen LogP) is 5.87. The molecule has 4 saturated carbocycles. The van der Waals surface area contributed by atoms with E-state index < -0.39 is 12.0 Å². The van der Waals surface area contributed by atoms with Gasteiger partial charge < -0.3 is 5.11 Å². The number of hydrogen-bond acceptors (Lipinski definition) is 3. The summed E-state index contributed by atoms with van der Waals surface area (Å²) in [6.07, 6.45) is 6.79. The van der Waals surface area contributed by atoms with Crippen LogP contribution in [0.2, 0.25) is 0 Å². The molecule has 1 heterocycles. The van der Waals surface area contributed by atoms with Gasteiger partial charge in [-0.2, -0.15) is 5.10 Å². The van der Waals surface area contributed by atoms with E-state index >= 15 is 0 Å². The molecule has 1 aromatic carbocycles. The van der Waals surface area contributed by atoms with E-state index in [0.717, 1.165) is 55.8 Å². The Hall–Kier alpha value is -1.82. The maximum Gasteiger partial charge on any atom is 0.266 e. The molecular weight excluding hydrogens is 434 g/mol. The number of fused-ring (bicyclic) bond motifs is 6. The molecule has 34 heavy (non-hydrogen) atoms. The number of aliphatic hydroxyl groups is 1. The molecule has 6 rings (SSSR count). The SMILES string of the molecule is C[C@]12CC[C@H]3[C@@H](CC[C@@H]4C[C@@](O)(C(F)F)CC[C@@H]43)[C@@H]1CC[C@@H]2C(=O)Cn1cc2ccccc2n1. The lowest BCUT2D eigenvalue weighted by Crippen LogP contribution is -2.53. The third-order valence-electron chi connectivity index (χ3n) is 10.6. The molecule has 0 saturated heterocycles. The van der Waals surface area contributed by atoms with Crippen molar-refractivity contribution in [1.29, 1.82) is 0 Å². The molecule has 184 valence electrons. The summed E-state index contributed by atoms with van der Waals surface area (Å²) < 4.78 is 28.8. The number of carbonyl (C=O) groups is 1. The molecule has 4 nitrogen and oxygen atoms in total. The maximum atomic E-state index is 13.5. The first-order valence-corrected chi connectivity index (χ1v) is 13.2. The Kier molecular flexibility index (Phi) is 5.40. The van der Waals surface area contributed by atoms with Gasteiger partial charge >= 0.3 is 0 Å². The highest BCUT2D eigenvalue weighted by molar-refractivity contribution is 5.83. The van der Waals surface area contributed by atoms with E-state index in [-0.39, 0.29) is 30.1 Å². The van der Waals surface area contributed by atoms with E-state index in [9.17, 15) is 18.7 Å². The number of Topliss-reactive ketones (excluding diaryl/α,β-unsaturated/α-hetero) is 1. The van der Waals surface area contributed by atoms with Gasteiger partial charge in [-0.25, -0.2) is 8.78 Å². The van der Waals surface area contributed by atoms with Gasteiger partial charge in [0.05, 0.1) is 12.1 Å². The van der Waals surface area contributed by atoms with Gasteiger partial charge in [0.25, 0.3) is 6.43 Å². The Bertz CT molecular complexity index is 1050. The largest absolute Gasteiger partial charge is 0.384 e. The molecule has 0 radical (unpaired) electrons. The molecule has 4 fully saturated rings. The first-order valence-electron chi connectivity index (χ1n) is 13.2. The summed E-state index contributed by atoms with van der Waals surface area (Å²) in [5.74, 6) is 2.81. The minimum absolute atomic E-state index is 0.0377. The van der Waals surface area contributed by atoms with E-state index in [0.29, 0.717) is 36.0 Å². The van der Waals surface area contributed by atoms with Crippen molar-refractivity contribution in [3.8, 4) is 0 Å². The van der Waals surface area contributed by atoms with E-state index in [4.69, 9.17) is 0 Å². The molecule has 1 aromatic heterocycles. The van der Waals surface area contributed by atoms with Crippen LogP contribution < -0.4 is 0 Å². The number of nitrogens with zero attached hydrogens (tertiary/aromatic N) is 2. The van der Waals surface area contributed by atoms with Crippen LogP contribution in [0, 0.1) is 40.9 Å². The van der Waals surface area contributed by atoms with Gasteiger partial charge in [0.1, 0.15) is 5.60 Å². The van der Waals surface area contributed by atoms with Crippen molar-refractivity contribution in [3.05, 3.63) is 30.5 Å². The zero-order chi connectivity index (χ0) is 23.7. The van der Waals surface area contributed by atoms with Gasteiger partial charge in [0.2, 0.25) is 0 Å². The smallest absolute Gasteiger partial charge is 0.266 e. The number of carbonyl (C=O) groups excluding carboxylic acids is 1. The van der Waals surface area contributed by atoms with Gasteiger partial charge in [-0.3, -0.25) is 9.48 Å². The monoisotopic (exact) mass is 470 g/mol. The number of benzene rings is 1. The highest BCUT2D eigenvalue weighted by atomic mass is 19.3. The number of alkyl halides is 2. The topological polar surface area (TPSA) is 55.1 Å². The molecule has 0 aliphatic heterocycles. The standard InChI is InChI=1S/C28H36F2N2O2/c1-27-12-10-20-19-11-13-28(34,26(29)30)14-17(19)6-7-21(20)22(27)8-9-23(27)25(33)16-32-15-18-4-2-3-5-24(18)31-32/h2-5,15,17,19-23,26,34H,6-14,16H2,1H3/t17-,19+,20-,21-,22+,23-,27+,28-/m1/s1. The Balaban J connectivity index is 1.17. The first-order chi connectivity index (χ1) is 16.3.